The highest BCUT2D eigenvalue weighted by Gasteiger charge is 2.33. The summed E-state index contributed by atoms with van der Waals surface area (Å²) in [6, 6.07) is 3.74. The quantitative estimate of drug-likeness (QED) is 0.741. The molecular formula is C21H30N4O3S. The lowest BCUT2D eigenvalue weighted by Gasteiger charge is -2.39. The van der Waals surface area contributed by atoms with Crippen LogP contribution < -0.4 is 0 Å². The molecule has 3 aliphatic rings. The van der Waals surface area contributed by atoms with Crippen molar-refractivity contribution in [2.75, 3.05) is 58.9 Å². The average molecular weight is 419 g/mol. The van der Waals surface area contributed by atoms with Crippen molar-refractivity contribution in [3.63, 3.8) is 0 Å². The second-order valence-corrected chi connectivity index (χ2v) is 9.20. The third-order valence-corrected chi connectivity index (χ3v) is 7.15. The highest BCUT2D eigenvalue weighted by Crippen LogP contribution is 2.23. The summed E-state index contributed by atoms with van der Waals surface area (Å²) in [4.78, 5) is 46.6. The van der Waals surface area contributed by atoms with Crippen LogP contribution in [0.5, 0.6) is 0 Å². The maximum atomic E-state index is 13.0. The van der Waals surface area contributed by atoms with Gasteiger partial charge in [0.25, 0.3) is 5.91 Å². The van der Waals surface area contributed by atoms with Crippen molar-refractivity contribution in [2.24, 2.45) is 5.92 Å². The molecule has 8 heteroatoms. The molecule has 29 heavy (non-hydrogen) atoms. The van der Waals surface area contributed by atoms with Gasteiger partial charge >= 0.3 is 0 Å². The van der Waals surface area contributed by atoms with Crippen molar-refractivity contribution >= 4 is 29.1 Å². The summed E-state index contributed by atoms with van der Waals surface area (Å²) < 4.78 is 0. The first kappa shape index (κ1) is 20.3. The molecular weight excluding hydrogens is 388 g/mol. The molecule has 0 bridgehead atoms. The molecule has 3 saturated heterocycles. The summed E-state index contributed by atoms with van der Waals surface area (Å²) in [5.41, 5.74) is 0. The van der Waals surface area contributed by atoms with Gasteiger partial charge in [0.1, 0.15) is 0 Å². The van der Waals surface area contributed by atoms with Gasteiger partial charge in [-0.25, -0.2) is 0 Å². The standard InChI is InChI=1S/C21H30N4O3S/c26-19(23-7-1-2-8-23)16-22-10-12-24(13-11-22)20(27)17-5-3-9-25(15-17)21(28)18-6-4-14-29-18/h4,6,14,17H,1-3,5,7-13,15-16H2. The molecule has 1 unspecified atom stereocenters. The molecule has 0 radical (unpaired) electrons. The van der Waals surface area contributed by atoms with Crippen molar-refractivity contribution < 1.29 is 14.4 Å². The van der Waals surface area contributed by atoms with E-state index in [1.807, 2.05) is 32.2 Å². The topological polar surface area (TPSA) is 64.2 Å². The minimum atomic E-state index is -0.106. The second kappa shape index (κ2) is 9.26. The lowest BCUT2D eigenvalue weighted by atomic mass is 9.96. The van der Waals surface area contributed by atoms with Gasteiger partial charge in [-0.2, -0.15) is 0 Å². The number of piperidine rings is 1. The van der Waals surface area contributed by atoms with Gasteiger partial charge in [0.15, 0.2) is 0 Å². The first-order valence-corrected chi connectivity index (χ1v) is 11.6. The fourth-order valence-electron chi connectivity index (χ4n) is 4.56. The van der Waals surface area contributed by atoms with Gasteiger partial charge in [-0.15, -0.1) is 11.3 Å². The van der Waals surface area contributed by atoms with Crippen LogP contribution in [0, 0.1) is 5.92 Å². The van der Waals surface area contributed by atoms with Gasteiger partial charge in [0, 0.05) is 52.4 Å². The molecule has 1 aromatic rings. The van der Waals surface area contributed by atoms with E-state index in [9.17, 15) is 14.4 Å². The average Bonchev–Trinajstić information content (AvgIpc) is 3.47. The second-order valence-electron chi connectivity index (χ2n) is 8.26. The van der Waals surface area contributed by atoms with E-state index in [2.05, 4.69) is 4.90 Å². The molecule has 4 rings (SSSR count). The molecule has 0 aliphatic carbocycles. The predicted molar refractivity (Wildman–Crippen MR) is 112 cm³/mol. The summed E-state index contributed by atoms with van der Waals surface area (Å²) in [6.07, 6.45) is 3.95. The number of rotatable bonds is 4. The summed E-state index contributed by atoms with van der Waals surface area (Å²) in [6.45, 7) is 6.32. The minimum Gasteiger partial charge on any atom is -0.342 e. The maximum absolute atomic E-state index is 13.0. The lowest BCUT2D eigenvalue weighted by molar-refractivity contribution is -0.139. The smallest absolute Gasteiger partial charge is 0.263 e. The number of nitrogens with zero attached hydrogens (tertiary/aromatic N) is 4. The molecule has 0 aromatic carbocycles. The Bertz CT molecular complexity index is 724. The highest BCUT2D eigenvalue weighted by atomic mass is 32.1. The summed E-state index contributed by atoms with van der Waals surface area (Å²) >= 11 is 1.45. The van der Waals surface area contributed by atoms with Crippen molar-refractivity contribution in [3.8, 4) is 0 Å². The Morgan fingerprint density at radius 2 is 1.62 bits per heavy atom. The van der Waals surface area contributed by atoms with Crippen LogP contribution in [-0.4, -0.2) is 96.2 Å². The van der Waals surface area contributed by atoms with E-state index in [0.29, 0.717) is 26.2 Å². The number of thiophene rings is 1. The van der Waals surface area contributed by atoms with Crippen LogP contribution in [-0.2, 0) is 9.59 Å². The van der Waals surface area contributed by atoms with Crippen LogP contribution in [0.2, 0.25) is 0 Å². The molecule has 0 spiro atoms. The third kappa shape index (κ3) is 4.80. The number of hydrogen-bond donors (Lipinski definition) is 0. The third-order valence-electron chi connectivity index (χ3n) is 6.29. The summed E-state index contributed by atoms with van der Waals surface area (Å²) in [5.74, 6) is 0.324. The Labute approximate surface area is 176 Å². The van der Waals surface area contributed by atoms with Gasteiger partial charge < -0.3 is 14.7 Å². The van der Waals surface area contributed by atoms with Crippen LogP contribution in [0.15, 0.2) is 17.5 Å². The Hall–Kier alpha value is -1.93. The first-order valence-electron chi connectivity index (χ1n) is 10.7. The van der Waals surface area contributed by atoms with E-state index >= 15 is 0 Å². The number of likely N-dealkylation sites (tertiary alicyclic amines) is 2. The molecule has 0 saturated carbocycles. The fourth-order valence-corrected chi connectivity index (χ4v) is 5.25. The van der Waals surface area contributed by atoms with Crippen molar-refractivity contribution in [1.29, 1.82) is 0 Å². The molecule has 3 fully saturated rings. The van der Waals surface area contributed by atoms with E-state index < -0.39 is 0 Å². The molecule has 4 heterocycles. The fraction of sp³-hybridized carbons (Fsp3) is 0.667. The molecule has 1 atom stereocenters. The number of carbonyl (C=O) groups is 3. The molecule has 3 aliphatic heterocycles. The number of piperazine rings is 1. The van der Waals surface area contributed by atoms with E-state index in [-0.39, 0.29) is 23.6 Å². The lowest BCUT2D eigenvalue weighted by Crippen LogP contribution is -2.54. The van der Waals surface area contributed by atoms with Gasteiger partial charge in [-0.3, -0.25) is 19.3 Å². The molecule has 7 nitrogen and oxygen atoms in total. The zero-order valence-corrected chi connectivity index (χ0v) is 17.7. The zero-order valence-electron chi connectivity index (χ0n) is 16.9. The van der Waals surface area contributed by atoms with Crippen molar-refractivity contribution in [1.82, 2.24) is 19.6 Å². The van der Waals surface area contributed by atoms with Crippen LogP contribution >= 0.6 is 11.3 Å². The van der Waals surface area contributed by atoms with Gasteiger partial charge in [-0.1, -0.05) is 6.07 Å². The normalized spacial score (nSPS) is 23.4. The van der Waals surface area contributed by atoms with Crippen LogP contribution in [0.3, 0.4) is 0 Å². The Morgan fingerprint density at radius 3 is 2.31 bits per heavy atom. The number of amides is 3. The minimum absolute atomic E-state index is 0.0442. The number of hydrogen-bond acceptors (Lipinski definition) is 5. The molecule has 158 valence electrons. The largest absolute Gasteiger partial charge is 0.342 e. The Balaban J connectivity index is 1.25. The van der Waals surface area contributed by atoms with E-state index in [1.54, 1.807) is 0 Å². The van der Waals surface area contributed by atoms with Gasteiger partial charge in [0.05, 0.1) is 17.3 Å². The number of carbonyl (C=O) groups excluding carboxylic acids is 3. The molecule has 3 amide bonds. The monoisotopic (exact) mass is 418 g/mol. The molecule has 0 N–H and O–H groups in total. The van der Waals surface area contributed by atoms with E-state index in [1.165, 1.54) is 11.3 Å². The summed E-state index contributed by atoms with van der Waals surface area (Å²) in [7, 11) is 0. The van der Waals surface area contributed by atoms with Crippen LogP contribution in [0.4, 0.5) is 0 Å². The van der Waals surface area contributed by atoms with Crippen molar-refractivity contribution in [3.05, 3.63) is 22.4 Å². The van der Waals surface area contributed by atoms with Crippen LogP contribution in [0.25, 0.3) is 0 Å². The highest BCUT2D eigenvalue weighted by molar-refractivity contribution is 7.12. The predicted octanol–water partition coefficient (Wildman–Crippen LogP) is 1.37. The zero-order chi connectivity index (χ0) is 20.2. The van der Waals surface area contributed by atoms with E-state index in [4.69, 9.17) is 0 Å². The first-order chi connectivity index (χ1) is 14.1. The van der Waals surface area contributed by atoms with Crippen molar-refractivity contribution in [2.45, 2.75) is 25.7 Å². The SMILES string of the molecule is O=C(CN1CCN(C(=O)C2CCCN(C(=O)c3cccs3)C2)CC1)N1CCCC1. The summed E-state index contributed by atoms with van der Waals surface area (Å²) in [5, 5.41) is 1.91. The Kier molecular flexibility index (Phi) is 6.50. The van der Waals surface area contributed by atoms with E-state index in [0.717, 1.165) is 63.3 Å². The molecule has 1 aromatic heterocycles. The van der Waals surface area contributed by atoms with Gasteiger partial charge in [0.2, 0.25) is 11.8 Å². The Morgan fingerprint density at radius 1 is 0.897 bits per heavy atom. The maximum Gasteiger partial charge on any atom is 0.263 e. The van der Waals surface area contributed by atoms with Gasteiger partial charge in [-0.05, 0) is 37.1 Å². The van der Waals surface area contributed by atoms with Crippen LogP contribution in [0.1, 0.15) is 35.4 Å².